The van der Waals surface area contributed by atoms with Gasteiger partial charge in [-0.15, -0.1) is 13.2 Å². The Morgan fingerprint density at radius 2 is 2.04 bits per heavy atom. The third-order valence-corrected chi connectivity index (χ3v) is 4.94. The van der Waals surface area contributed by atoms with Crippen LogP contribution < -0.4 is 4.74 Å². The fraction of sp³-hybridized carbons (Fsp3) is 0.562. The number of alkyl halides is 3. The highest BCUT2D eigenvalue weighted by molar-refractivity contribution is 5.82. The highest BCUT2D eigenvalue weighted by atomic mass is 19.4. The van der Waals surface area contributed by atoms with Crippen LogP contribution in [0.1, 0.15) is 24.8 Å². The molecule has 3 aliphatic heterocycles. The van der Waals surface area contributed by atoms with Crippen molar-refractivity contribution in [3.8, 4) is 5.75 Å². The summed E-state index contributed by atoms with van der Waals surface area (Å²) in [6.07, 6.45) is -3.91. The Morgan fingerprint density at radius 1 is 1.28 bits per heavy atom. The van der Waals surface area contributed by atoms with Crippen molar-refractivity contribution in [1.82, 2.24) is 15.1 Å². The molecule has 9 heteroatoms. The number of nitrogens with one attached hydrogen (secondary N) is 1. The summed E-state index contributed by atoms with van der Waals surface area (Å²) >= 11 is 0. The predicted molar refractivity (Wildman–Crippen MR) is 81.8 cm³/mol. The number of halogens is 3. The summed E-state index contributed by atoms with van der Waals surface area (Å²) in [5.74, 6) is 0.0754. The first-order valence-corrected chi connectivity index (χ1v) is 8.19. The van der Waals surface area contributed by atoms with Gasteiger partial charge in [-0.25, -0.2) is 0 Å². The second kappa shape index (κ2) is 6.15. The van der Waals surface area contributed by atoms with Crippen LogP contribution in [0.3, 0.4) is 0 Å². The molecule has 2 atom stereocenters. The van der Waals surface area contributed by atoms with Gasteiger partial charge in [0, 0.05) is 18.0 Å². The summed E-state index contributed by atoms with van der Waals surface area (Å²) < 4.78 is 46.6. The van der Waals surface area contributed by atoms with Gasteiger partial charge in [-0.05, 0) is 44.0 Å². The summed E-state index contributed by atoms with van der Waals surface area (Å²) in [6.45, 7) is 2.92. The average molecular weight is 357 g/mol. The lowest BCUT2D eigenvalue weighted by molar-refractivity contribution is -0.274. The van der Waals surface area contributed by atoms with E-state index in [1.807, 2.05) is 0 Å². The van der Waals surface area contributed by atoms with Crippen LogP contribution in [-0.2, 0) is 4.74 Å². The van der Waals surface area contributed by atoms with Gasteiger partial charge in [-0.3, -0.25) is 5.10 Å². The van der Waals surface area contributed by atoms with Crippen LogP contribution in [-0.4, -0.2) is 52.3 Å². The van der Waals surface area contributed by atoms with Gasteiger partial charge in [0.25, 0.3) is 0 Å². The number of piperidine rings is 3. The fourth-order valence-electron chi connectivity index (χ4n) is 3.70. The first-order valence-electron chi connectivity index (χ1n) is 8.19. The largest absolute Gasteiger partial charge is 0.573 e. The van der Waals surface area contributed by atoms with E-state index >= 15 is 0 Å². The van der Waals surface area contributed by atoms with Crippen LogP contribution >= 0.6 is 0 Å². The number of aliphatic hydroxyl groups is 1. The number of rotatable bonds is 4. The van der Waals surface area contributed by atoms with Gasteiger partial charge in [0.1, 0.15) is 5.75 Å². The molecule has 3 fully saturated rings. The van der Waals surface area contributed by atoms with E-state index in [9.17, 15) is 18.3 Å². The minimum absolute atomic E-state index is 0.0521. The highest BCUT2D eigenvalue weighted by Crippen LogP contribution is 2.34. The van der Waals surface area contributed by atoms with Crippen molar-refractivity contribution in [2.45, 2.75) is 31.6 Å². The molecule has 3 aliphatic rings. The summed E-state index contributed by atoms with van der Waals surface area (Å²) in [5, 5.41) is 17.5. The Bertz CT molecular complexity index is 756. The molecule has 0 saturated carbocycles. The lowest BCUT2D eigenvalue weighted by atomic mass is 9.86. The lowest BCUT2D eigenvalue weighted by Crippen LogP contribution is -2.51. The van der Waals surface area contributed by atoms with Crippen LogP contribution in [0.5, 0.6) is 5.75 Å². The molecule has 0 spiro atoms. The SMILES string of the molecule is OC(O[C@H]1CN2CCC1CC2)c1[nH]nc2cc(OC(F)(F)F)ccc12. The fourth-order valence-corrected chi connectivity index (χ4v) is 3.70. The molecule has 1 aromatic carbocycles. The maximum atomic E-state index is 12.3. The van der Waals surface area contributed by atoms with Crippen LogP contribution in [0.15, 0.2) is 18.2 Å². The summed E-state index contributed by atoms with van der Waals surface area (Å²) in [5.41, 5.74) is 0.610. The zero-order valence-corrected chi connectivity index (χ0v) is 13.3. The molecule has 1 aromatic heterocycles. The summed E-state index contributed by atoms with van der Waals surface area (Å²) in [4.78, 5) is 2.31. The van der Waals surface area contributed by atoms with Crippen LogP contribution in [0.25, 0.3) is 10.9 Å². The Kier molecular flexibility index (Phi) is 4.09. The molecular weight excluding hydrogens is 339 g/mol. The smallest absolute Gasteiger partial charge is 0.406 e. The topological polar surface area (TPSA) is 70.6 Å². The monoisotopic (exact) mass is 357 g/mol. The van der Waals surface area contributed by atoms with Crippen LogP contribution in [0.2, 0.25) is 0 Å². The molecule has 0 aliphatic carbocycles. The molecule has 25 heavy (non-hydrogen) atoms. The van der Waals surface area contributed by atoms with E-state index in [1.165, 1.54) is 18.2 Å². The number of benzene rings is 1. The van der Waals surface area contributed by atoms with Crippen molar-refractivity contribution in [3.63, 3.8) is 0 Å². The molecule has 2 N–H and O–H groups in total. The number of aliphatic hydroxyl groups excluding tert-OH is 1. The molecule has 1 unspecified atom stereocenters. The van der Waals surface area contributed by atoms with Crippen molar-refractivity contribution in [2.24, 2.45) is 5.92 Å². The molecule has 6 nitrogen and oxygen atoms in total. The van der Waals surface area contributed by atoms with Crippen molar-refractivity contribution in [1.29, 1.82) is 0 Å². The van der Waals surface area contributed by atoms with Gasteiger partial charge in [0.2, 0.25) is 0 Å². The highest BCUT2D eigenvalue weighted by Gasteiger charge is 2.36. The first-order chi connectivity index (χ1) is 11.9. The molecule has 3 saturated heterocycles. The summed E-state index contributed by atoms with van der Waals surface area (Å²) in [7, 11) is 0. The third kappa shape index (κ3) is 3.44. The Labute approximate surface area is 141 Å². The van der Waals surface area contributed by atoms with Crippen molar-refractivity contribution in [2.75, 3.05) is 19.6 Å². The lowest BCUT2D eigenvalue weighted by Gasteiger charge is -2.44. The van der Waals surface area contributed by atoms with Gasteiger partial charge >= 0.3 is 6.36 Å². The Morgan fingerprint density at radius 3 is 2.68 bits per heavy atom. The van der Waals surface area contributed by atoms with E-state index in [-0.39, 0.29) is 17.4 Å². The second-order valence-corrected chi connectivity index (χ2v) is 6.53. The van der Waals surface area contributed by atoms with E-state index in [1.54, 1.807) is 0 Å². The van der Waals surface area contributed by atoms with Crippen molar-refractivity contribution in [3.05, 3.63) is 23.9 Å². The molecule has 4 heterocycles. The van der Waals surface area contributed by atoms with Gasteiger partial charge < -0.3 is 19.5 Å². The number of H-pyrrole nitrogens is 1. The van der Waals surface area contributed by atoms with Gasteiger partial charge in [-0.1, -0.05) is 0 Å². The molecule has 5 rings (SSSR count). The van der Waals surface area contributed by atoms with E-state index in [2.05, 4.69) is 19.8 Å². The zero-order valence-electron chi connectivity index (χ0n) is 13.3. The Balaban J connectivity index is 1.51. The first kappa shape index (κ1) is 16.6. The van der Waals surface area contributed by atoms with Crippen LogP contribution in [0.4, 0.5) is 13.2 Å². The molecule has 2 bridgehead atoms. The number of aromatic amines is 1. The van der Waals surface area contributed by atoms with E-state index < -0.39 is 12.7 Å². The number of hydrogen-bond acceptors (Lipinski definition) is 5. The molecule has 0 radical (unpaired) electrons. The van der Waals surface area contributed by atoms with Crippen molar-refractivity contribution >= 4 is 10.9 Å². The number of ether oxygens (including phenoxy) is 2. The molecule has 136 valence electrons. The van der Waals surface area contributed by atoms with Gasteiger partial charge in [0.15, 0.2) is 6.29 Å². The van der Waals surface area contributed by atoms with Crippen LogP contribution in [0, 0.1) is 5.92 Å². The predicted octanol–water partition coefficient (Wildman–Crippen LogP) is 2.56. The average Bonchev–Trinajstić information content (AvgIpc) is 2.97. The molecular formula is C16H18F3N3O3. The van der Waals surface area contributed by atoms with E-state index in [4.69, 9.17) is 4.74 Å². The van der Waals surface area contributed by atoms with E-state index in [0.29, 0.717) is 17.0 Å². The van der Waals surface area contributed by atoms with Gasteiger partial charge in [-0.2, -0.15) is 5.10 Å². The molecule has 2 aromatic rings. The maximum Gasteiger partial charge on any atom is 0.573 e. The number of nitrogens with zero attached hydrogens (tertiary/aromatic N) is 2. The normalized spacial score (nSPS) is 27.6. The van der Waals surface area contributed by atoms with E-state index in [0.717, 1.165) is 32.5 Å². The maximum absolute atomic E-state index is 12.3. The number of hydrogen-bond donors (Lipinski definition) is 2. The number of fused-ring (bicyclic) bond motifs is 4. The molecule has 0 amide bonds. The zero-order chi connectivity index (χ0) is 17.6. The minimum Gasteiger partial charge on any atom is -0.406 e. The number of aromatic nitrogens is 2. The summed E-state index contributed by atoms with van der Waals surface area (Å²) in [6, 6.07) is 3.79. The second-order valence-electron chi connectivity index (χ2n) is 6.53. The van der Waals surface area contributed by atoms with Gasteiger partial charge in [0.05, 0.1) is 17.3 Å². The minimum atomic E-state index is -4.76. The third-order valence-electron chi connectivity index (χ3n) is 4.94. The standard InChI is InChI=1S/C16H18F3N3O3/c17-16(18,19)25-10-1-2-11-12(7-10)20-21-14(11)15(23)24-13-8-22-5-3-9(13)4-6-22/h1-2,7,9,13,15,23H,3-6,8H2,(H,20,21)/t13-,15?/m0/s1. The Hall–Kier alpha value is -1.84. The van der Waals surface area contributed by atoms with Crippen molar-refractivity contribution < 1.29 is 27.8 Å². The quantitative estimate of drug-likeness (QED) is 0.823.